The largest absolute Gasteiger partial charge is 0.301 e. The molecule has 18 heavy (non-hydrogen) atoms. The Balaban J connectivity index is 2.73. The molecule has 102 valence electrons. The van der Waals surface area contributed by atoms with Crippen LogP contribution in [0.5, 0.6) is 0 Å². The number of aromatic nitrogens is 2. The van der Waals surface area contributed by atoms with Gasteiger partial charge in [-0.3, -0.25) is 4.79 Å². The van der Waals surface area contributed by atoms with E-state index < -0.39 is 10.0 Å². The highest BCUT2D eigenvalue weighted by molar-refractivity contribution is 9.09. The van der Waals surface area contributed by atoms with Crippen molar-refractivity contribution in [3.05, 3.63) is 0 Å². The van der Waals surface area contributed by atoms with E-state index in [1.807, 2.05) is 6.92 Å². The van der Waals surface area contributed by atoms with Gasteiger partial charge >= 0.3 is 0 Å². The number of sulfonamides is 1. The normalized spacial score (nSPS) is 13.3. The second-order valence-electron chi connectivity index (χ2n) is 3.41. The summed E-state index contributed by atoms with van der Waals surface area (Å²) in [6, 6.07) is 0. The summed E-state index contributed by atoms with van der Waals surface area (Å²) in [6.07, 6.45) is 0.801. The maximum absolute atomic E-state index is 11.8. The summed E-state index contributed by atoms with van der Waals surface area (Å²) in [5, 5.41) is 9.65. The summed E-state index contributed by atoms with van der Waals surface area (Å²) in [5.74, 6) is -0.324. The lowest BCUT2D eigenvalue weighted by molar-refractivity contribution is -0.114. The van der Waals surface area contributed by atoms with Crippen LogP contribution in [-0.4, -0.2) is 35.9 Å². The smallest absolute Gasteiger partial charge is 0.269 e. The van der Waals surface area contributed by atoms with Crippen LogP contribution in [0.25, 0.3) is 0 Å². The molecule has 0 aromatic carbocycles. The molecule has 0 fully saturated rings. The first-order valence-corrected chi connectivity index (χ1v) is 8.31. The Hall–Kier alpha value is -0.580. The zero-order chi connectivity index (χ0) is 13.8. The number of rotatable bonds is 6. The van der Waals surface area contributed by atoms with Crippen LogP contribution in [0.15, 0.2) is 4.34 Å². The minimum absolute atomic E-state index is 0.0648. The molecule has 1 amide bonds. The van der Waals surface area contributed by atoms with Crippen molar-refractivity contribution in [1.82, 2.24) is 14.9 Å². The number of amides is 1. The number of nitrogens with zero attached hydrogens (tertiary/aromatic N) is 2. The molecule has 1 aromatic heterocycles. The van der Waals surface area contributed by atoms with E-state index in [1.54, 1.807) is 0 Å². The van der Waals surface area contributed by atoms with Gasteiger partial charge in [0.05, 0.1) is 0 Å². The predicted octanol–water partition coefficient (Wildman–Crippen LogP) is 0.948. The van der Waals surface area contributed by atoms with Crippen LogP contribution in [-0.2, 0) is 14.8 Å². The second-order valence-corrected chi connectivity index (χ2v) is 7.62. The number of anilines is 1. The van der Waals surface area contributed by atoms with Gasteiger partial charge in [0.1, 0.15) is 0 Å². The van der Waals surface area contributed by atoms with Gasteiger partial charge in [0.2, 0.25) is 15.4 Å². The molecular weight excluding hydrogens is 344 g/mol. The fourth-order valence-electron chi connectivity index (χ4n) is 0.926. The van der Waals surface area contributed by atoms with Gasteiger partial charge in [0.15, 0.2) is 0 Å². The molecule has 0 radical (unpaired) electrons. The second kappa shape index (κ2) is 6.55. The molecule has 1 atom stereocenters. The molecule has 10 heteroatoms. The Labute approximate surface area is 118 Å². The van der Waals surface area contributed by atoms with E-state index in [2.05, 4.69) is 36.2 Å². The van der Waals surface area contributed by atoms with Gasteiger partial charge in [-0.05, 0) is 6.42 Å². The number of halogens is 1. The lowest BCUT2D eigenvalue weighted by atomic mass is 10.3. The summed E-state index contributed by atoms with van der Waals surface area (Å²) in [4.78, 5) is 10.8. The summed E-state index contributed by atoms with van der Waals surface area (Å²) in [5.41, 5.74) is 0. The summed E-state index contributed by atoms with van der Waals surface area (Å²) in [7, 11) is -3.67. The number of hydrogen-bond donors (Lipinski definition) is 2. The minimum atomic E-state index is -3.67. The van der Waals surface area contributed by atoms with Crippen molar-refractivity contribution >= 4 is 48.3 Å². The fourth-order valence-corrected chi connectivity index (χ4v) is 3.37. The number of carbonyl (C=O) groups is 1. The van der Waals surface area contributed by atoms with E-state index in [9.17, 15) is 13.2 Å². The van der Waals surface area contributed by atoms with E-state index >= 15 is 0 Å². The van der Waals surface area contributed by atoms with Crippen LogP contribution in [0.3, 0.4) is 0 Å². The Kier molecular flexibility index (Phi) is 5.63. The van der Waals surface area contributed by atoms with Gasteiger partial charge in [-0.15, -0.1) is 10.2 Å². The van der Waals surface area contributed by atoms with Crippen LogP contribution < -0.4 is 10.0 Å². The average Bonchev–Trinajstić information content (AvgIpc) is 2.74. The highest BCUT2D eigenvalue weighted by atomic mass is 79.9. The monoisotopic (exact) mass is 356 g/mol. The summed E-state index contributed by atoms with van der Waals surface area (Å²) < 4.78 is 25.9. The topological polar surface area (TPSA) is 101 Å². The van der Waals surface area contributed by atoms with Crippen molar-refractivity contribution in [2.75, 3.05) is 11.9 Å². The molecule has 0 saturated heterocycles. The Morgan fingerprint density at radius 1 is 1.50 bits per heavy atom. The van der Waals surface area contributed by atoms with Crippen molar-refractivity contribution in [3.63, 3.8) is 0 Å². The van der Waals surface area contributed by atoms with Crippen LogP contribution in [0, 0.1) is 0 Å². The van der Waals surface area contributed by atoms with Gasteiger partial charge < -0.3 is 5.32 Å². The number of alkyl halides is 1. The van der Waals surface area contributed by atoms with E-state index in [1.165, 1.54) is 6.92 Å². The third-order valence-corrected chi connectivity index (χ3v) is 5.46. The molecule has 0 aliphatic heterocycles. The highest BCUT2D eigenvalue weighted by Gasteiger charge is 2.21. The van der Waals surface area contributed by atoms with Crippen LogP contribution >= 0.6 is 27.3 Å². The number of hydrogen-bond acceptors (Lipinski definition) is 6. The summed E-state index contributed by atoms with van der Waals surface area (Å²) in [6.45, 7) is 3.52. The number of nitrogens with one attached hydrogen (secondary N) is 2. The lowest BCUT2D eigenvalue weighted by Gasteiger charge is -2.06. The van der Waals surface area contributed by atoms with Gasteiger partial charge in [-0.25, -0.2) is 13.1 Å². The van der Waals surface area contributed by atoms with Gasteiger partial charge in [-0.1, -0.05) is 34.2 Å². The Morgan fingerprint density at radius 2 is 2.17 bits per heavy atom. The van der Waals surface area contributed by atoms with Crippen molar-refractivity contribution in [2.45, 2.75) is 29.4 Å². The van der Waals surface area contributed by atoms with E-state index in [0.29, 0.717) is 0 Å². The lowest BCUT2D eigenvalue weighted by Crippen LogP contribution is -2.29. The van der Waals surface area contributed by atoms with Crippen molar-refractivity contribution in [3.8, 4) is 0 Å². The summed E-state index contributed by atoms with van der Waals surface area (Å²) >= 11 is 4.13. The van der Waals surface area contributed by atoms with Gasteiger partial charge in [0.25, 0.3) is 10.0 Å². The molecule has 1 aromatic rings. The quantitative estimate of drug-likeness (QED) is 0.583. The third-order valence-electron chi connectivity index (χ3n) is 1.86. The first kappa shape index (κ1) is 15.5. The molecular formula is C8H13BrN4O3S2. The Bertz CT molecular complexity index is 516. The molecule has 1 unspecified atom stereocenters. The molecule has 0 aliphatic rings. The molecule has 0 aliphatic carbocycles. The third kappa shape index (κ3) is 4.59. The molecule has 0 saturated carbocycles. The SMILES string of the molecule is CCC(Br)CNS(=O)(=O)c1nnc(NC(C)=O)s1. The highest BCUT2D eigenvalue weighted by Crippen LogP contribution is 2.19. The standard InChI is InChI=1S/C8H13BrN4O3S2/c1-3-6(9)4-10-18(15,16)8-13-12-7(17-8)11-5(2)14/h6,10H,3-4H2,1-2H3,(H,11,12,14). The zero-order valence-corrected chi connectivity index (χ0v) is 13.0. The fraction of sp³-hybridized carbons (Fsp3) is 0.625. The van der Waals surface area contributed by atoms with Gasteiger partial charge in [-0.2, -0.15) is 0 Å². The molecule has 1 rings (SSSR count). The Morgan fingerprint density at radius 3 is 2.72 bits per heavy atom. The maximum atomic E-state index is 11.8. The van der Waals surface area contributed by atoms with Gasteiger partial charge in [0, 0.05) is 18.3 Å². The van der Waals surface area contributed by atoms with E-state index in [0.717, 1.165) is 17.8 Å². The van der Waals surface area contributed by atoms with Crippen molar-refractivity contribution < 1.29 is 13.2 Å². The molecule has 0 bridgehead atoms. The molecule has 1 heterocycles. The van der Waals surface area contributed by atoms with E-state index in [-0.39, 0.29) is 26.8 Å². The molecule has 7 nitrogen and oxygen atoms in total. The van der Waals surface area contributed by atoms with E-state index in [4.69, 9.17) is 0 Å². The predicted molar refractivity (Wildman–Crippen MR) is 72.4 cm³/mol. The first-order valence-electron chi connectivity index (χ1n) is 5.10. The first-order chi connectivity index (χ1) is 8.35. The van der Waals surface area contributed by atoms with Crippen LogP contribution in [0.2, 0.25) is 0 Å². The number of carbonyl (C=O) groups excluding carboxylic acids is 1. The average molecular weight is 357 g/mol. The molecule has 0 spiro atoms. The van der Waals surface area contributed by atoms with Crippen molar-refractivity contribution in [2.24, 2.45) is 0 Å². The zero-order valence-electron chi connectivity index (χ0n) is 9.81. The molecule has 2 N–H and O–H groups in total. The van der Waals surface area contributed by atoms with Crippen LogP contribution in [0.4, 0.5) is 5.13 Å². The maximum Gasteiger partial charge on any atom is 0.269 e. The van der Waals surface area contributed by atoms with Crippen LogP contribution in [0.1, 0.15) is 20.3 Å². The van der Waals surface area contributed by atoms with Crippen molar-refractivity contribution in [1.29, 1.82) is 0 Å². The minimum Gasteiger partial charge on any atom is -0.301 e.